The predicted molar refractivity (Wildman–Crippen MR) is 144 cm³/mol. The van der Waals surface area contributed by atoms with Crippen LogP contribution in [0, 0.1) is 6.92 Å². The summed E-state index contributed by atoms with van der Waals surface area (Å²) in [4.78, 5) is 26.3. The second-order valence-electron chi connectivity index (χ2n) is 9.89. The molecule has 1 saturated heterocycles. The lowest BCUT2D eigenvalue weighted by molar-refractivity contribution is 0.0735. The van der Waals surface area contributed by atoms with E-state index in [4.69, 9.17) is 10.2 Å². The Hall–Kier alpha value is -4.29. The van der Waals surface area contributed by atoms with Crippen LogP contribution < -0.4 is 5.73 Å². The van der Waals surface area contributed by atoms with Crippen LogP contribution in [0.25, 0.3) is 17.4 Å². The van der Waals surface area contributed by atoms with Crippen LogP contribution in [0.5, 0.6) is 0 Å². The zero-order chi connectivity index (χ0) is 27.0. The van der Waals surface area contributed by atoms with Gasteiger partial charge in [-0.2, -0.15) is 10.2 Å². The highest BCUT2D eigenvalue weighted by Gasteiger charge is 2.34. The summed E-state index contributed by atoms with van der Waals surface area (Å²) in [6.45, 7) is 4.45. The molecule has 0 spiro atoms. The monoisotopic (exact) mass is 541 g/mol. The number of benzene rings is 1. The van der Waals surface area contributed by atoms with Gasteiger partial charge in [-0.1, -0.05) is 30.3 Å². The Bertz CT molecular complexity index is 1590. The molecule has 2 unspecified atom stereocenters. The van der Waals surface area contributed by atoms with Crippen LogP contribution in [-0.4, -0.2) is 52.5 Å². The van der Waals surface area contributed by atoms with Gasteiger partial charge in [0.2, 0.25) is 5.89 Å². The third-order valence-corrected chi connectivity index (χ3v) is 7.73. The lowest BCUT2D eigenvalue weighted by Crippen LogP contribution is -2.35. The quantitative estimate of drug-likeness (QED) is 0.325. The normalized spacial score (nSPS) is 16.9. The average Bonchev–Trinajstić information content (AvgIpc) is 3.74. The first-order chi connectivity index (χ1) is 18.9. The zero-order valence-electron chi connectivity index (χ0n) is 21.6. The van der Waals surface area contributed by atoms with Gasteiger partial charge in [-0.05, 0) is 50.8 Å². The molecule has 198 valence electrons. The van der Waals surface area contributed by atoms with Gasteiger partial charge in [0.1, 0.15) is 10.7 Å². The minimum atomic E-state index is -0.902. The van der Waals surface area contributed by atoms with Crippen LogP contribution in [0.15, 0.2) is 64.7 Å². The van der Waals surface area contributed by atoms with Crippen LogP contribution in [0.1, 0.15) is 58.3 Å². The summed E-state index contributed by atoms with van der Waals surface area (Å²) < 4.78 is 6.04. The Balaban J connectivity index is 1.35. The molecule has 2 atom stereocenters. The molecule has 5 aromatic rings. The van der Waals surface area contributed by atoms with E-state index in [9.17, 15) is 4.79 Å². The van der Waals surface area contributed by atoms with E-state index in [0.717, 1.165) is 29.1 Å². The summed E-state index contributed by atoms with van der Waals surface area (Å²) in [5.41, 5.74) is 8.46. The van der Waals surface area contributed by atoms with E-state index >= 15 is 0 Å². The second-order valence-corrected chi connectivity index (χ2v) is 10.8. The van der Waals surface area contributed by atoms with E-state index in [1.165, 1.54) is 4.80 Å². The number of nitrogens with zero attached hydrogens (tertiary/aromatic N) is 8. The number of pyridine rings is 1. The fourth-order valence-electron chi connectivity index (χ4n) is 4.80. The Morgan fingerprint density at radius 1 is 1.15 bits per heavy atom. The Kier molecular flexibility index (Phi) is 6.49. The van der Waals surface area contributed by atoms with Crippen LogP contribution >= 0.6 is 11.3 Å². The number of rotatable bonds is 7. The first kappa shape index (κ1) is 25.0. The van der Waals surface area contributed by atoms with Crippen LogP contribution in [0.4, 0.5) is 0 Å². The number of hydrogen-bond acceptors (Lipinski definition) is 10. The molecule has 39 heavy (non-hydrogen) atoms. The van der Waals surface area contributed by atoms with Crippen molar-refractivity contribution in [3.05, 3.63) is 88.0 Å². The number of thiazole rings is 1. The number of hydrogen-bond donors (Lipinski definition) is 1. The molecule has 1 aliphatic rings. The lowest BCUT2D eigenvalue weighted by atomic mass is 9.94. The molecule has 0 radical (unpaired) electrons. The molecule has 0 saturated carbocycles. The second kappa shape index (κ2) is 10.1. The maximum atomic E-state index is 13.8. The lowest BCUT2D eigenvalue weighted by Gasteiger charge is -2.23. The van der Waals surface area contributed by atoms with Crippen molar-refractivity contribution in [2.75, 3.05) is 6.54 Å². The molecule has 12 heteroatoms. The van der Waals surface area contributed by atoms with Crippen LogP contribution in [-0.2, 0) is 12.0 Å². The maximum absolute atomic E-state index is 13.8. The molecule has 11 nitrogen and oxygen atoms in total. The molecule has 1 aliphatic heterocycles. The van der Waals surface area contributed by atoms with Gasteiger partial charge in [0, 0.05) is 23.2 Å². The molecule has 0 bridgehead atoms. The van der Waals surface area contributed by atoms with E-state index in [1.807, 2.05) is 54.5 Å². The van der Waals surface area contributed by atoms with Gasteiger partial charge in [0.25, 0.3) is 11.8 Å². The van der Waals surface area contributed by atoms with Crippen molar-refractivity contribution in [3.63, 3.8) is 0 Å². The molecule has 6 rings (SSSR count). The number of carbonyl (C=O) groups excluding carboxylic acids is 1. The van der Waals surface area contributed by atoms with Gasteiger partial charge in [-0.3, -0.25) is 4.79 Å². The molecule has 2 N–H and O–H groups in total. The summed E-state index contributed by atoms with van der Waals surface area (Å²) >= 11 is 1.58. The van der Waals surface area contributed by atoms with Crippen LogP contribution in [0.3, 0.4) is 0 Å². The van der Waals surface area contributed by atoms with Gasteiger partial charge in [-0.25, -0.2) is 9.97 Å². The van der Waals surface area contributed by atoms with Crippen molar-refractivity contribution in [3.8, 4) is 17.4 Å². The van der Waals surface area contributed by atoms with Crippen molar-refractivity contribution < 1.29 is 9.21 Å². The van der Waals surface area contributed by atoms with Crippen LogP contribution in [0.2, 0.25) is 0 Å². The summed E-state index contributed by atoms with van der Waals surface area (Å²) in [7, 11) is 0. The minimum absolute atomic E-state index is 0.0648. The third kappa shape index (κ3) is 5.08. The van der Waals surface area contributed by atoms with Crippen molar-refractivity contribution in [1.29, 1.82) is 0 Å². The number of aryl methyl sites for hydroxylation is 1. The molecule has 4 aromatic heterocycles. The Labute approximate surface area is 228 Å². The zero-order valence-corrected chi connectivity index (χ0v) is 22.4. The van der Waals surface area contributed by atoms with E-state index in [-0.39, 0.29) is 23.7 Å². The fraction of sp³-hybridized carbons (Fsp3) is 0.296. The van der Waals surface area contributed by atoms with E-state index in [1.54, 1.807) is 35.9 Å². The molecule has 1 amide bonds. The fourth-order valence-corrected chi connectivity index (χ4v) is 5.74. The SMILES string of the molecule is Cc1csc(C2CCCN2C(=O)c2cc(-c3nnc(C(C)(N)Cc4ccccc4)o3)nc(-n3nccn3)c2)n1. The van der Waals surface area contributed by atoms with Gasteiger partial charge < -0.3 is 15.1 Å². The van der Waals surface area contributed by atoms with E-state index < -0.39 is 5.54 Å². The Morgan fingerprint density at radius 2 is 1.95 bits per heavy atom. The van der Waals surface area contributed by atoms with Crippen molar-refractivity contribution in [2.24, 2.45) is 5.73 Å². The number of amides is 1. The topological polar surface area (TPSA) is 142 Å². The predicted octanol–water partition coefficient (Wildman–Crippen LogP) is 3.87. The van der Waals surface area contributed by atoms with E-state index in [2.05, 4.69) is 30.4 Å². The first-order valence-electron chi connectivity index (χ1n) is 12.7. The molecular weight excluding hydrogens is 514 g/mol. The average molecular weight is 542 g/mol. The molecule has 5 heterocycles. The molecule has 1 aromatic carbocycles. The highest BCUT2D eigenvalue weighted by atomic mass is 32.1. The van der Waals surface area contributed by atoms with Gasteiger partial charge in [0.05, 0.1) is 24.0 Å². The summed E-state index contributed by atoms with van der Waals surface area (Å²) in [5.74, 6) is 0.667. The first-order valence-corrected chi connectivity index (χ1v) is 13.5. The standard InChI is InChI=1S/C27H27N9O2S/c1-17-16-39-24(31-17)21-9-6-12-35(21)25(37)19-13-20(32-22(14-19)36-29-10-11-30-36)23-33-34-26(38-23)27(2,28)15-18-7-4-3-5-8-18/h3-5,7-8,10-11,13-14,16,21H,6,9,12,15,28H2,1-2H3. The molecule has 0 aliphatic carbocycles. The van der Waals surface area contributed by atoms with Gasteiger partial charge in [-0.15, -0.1) is 26.3 Å². The Morgan fingerprint density at radius 3 is 2.69 bits per heavy atom. The van der Waals surface area contributed by atoms with Crippen molar-refractivity contribution >= 4 is 17.2 Å². The number of nitrogens with two attached hydrogens (primary N) is 1. The van der Waals surface area contributed by atoms with Gasteiger partial charge >= 0.3 is 0 Å². The largest absolute Gasteiger partial charge is 0.417 e. The van der Waals surface area contributed by atoms with Crippen molar-refractivity contribution in [2.45, 2.75) is 44.7 Å². The number of carbonyl (C=O) groups is 1. The minimum Gasteiger partial charge on any atom is -0.417 e. The third-order valence-electron chi connectivity index (χ3n) is 6.66. The van der Waals surface area contributed by atoms with Crippen molar-refractivity contribution in [1.82, 2.24) is 40.1 Å². The summed E-state index contributed by atoms with van der Waals surface area (Å²) in [5, 5.41) is 19.8. The highest BCUT2D eigenvalue weighted by Crippen LogP contribution is 2.35. The smallest absolute Gasteiger partial charge is 0.266 e. The maximum Gasteiger partial charge on any atom is 0.266 e. The summed E-state index contributed by atoms with van der Waals surface area (Å²) in [6, 6.07) is 13.2. The van der Waals surface area contributed by atoms with E-state index in [0.29, 0.717) is 30.0 Å². The highest BCUT2D eigenvalue weighted by molar-refractivity contribution is 7.09. The summed E-state index contributed by atoms with van der Waals surface area (Å²) in [6.07, 6.45) is 5.38. The van der Waals surface area contributed by atoms with Gasteiger partial charge in [0.15, 0.2) is 5.82 Å². The molecular formula is C27H27N9O2S. The molecule has 1 fully saturated rings. The number of likely N-dealkylation sites (tertiary alicyclic amines) is 1. The number of aromatic nitrogens is 7.